The summed E-state index contributed by atoms with van der Waals surface area (Å²) in [7, 11) is -3.66. The quantitative estimate of drug-likeness (QED) is 0.589. The van der Waals surface area contributed by atoms with Gasteiger partial charge in [-0.2, -0.15) is 4.31 Å². The van der Waals surface area contributed by atoms with E-state index in [2.05, 4.69) is 0 Å². The zero-order valence-electron chi connectivity index (χ0n) is 16.8. The molecule has 2 aromatic carbocycles. The predicted octanol–water partition coefficient (Wildman–Crippen LogP) is 3.13. The van der Waals surface area contributed by atoms with Gasteiger partial charge in [-0.15, -0.1) is 11.8 Å². The largest absolute Gasteiger partial charge is 0.486 e. The first-order valence-electron chi connectivity index (χ1n) is 9.99. The second-order valence-corrected chi connectivity index (χ2v) is 10.7. The van der Waals surface area contributed by atoms with Gasteiger partial charge in [0, 0.05) is 54.3 Å². The van der Waals surface area contributed by atoms with E-state index in [1.807, 2.05) is 24.3 Å². The highest BCUT2D eigenvalue weighted by Gasteiger charge is 2.31. The van der Waals surface area contributed by atoms with Crippen LogP contribution in [0.1, 0.15) is 6.42 Å². The maximum atomic E-state index is 13.0. The van der Waals surface area contributed by atoms with Gasteiger partial charge in [0.2, 0.25) is 15.9 Å². The average Bonchev–Trinajstić information content (AvgIpc) is 2.80. The molecule has 0 unspecified atom stereocenters. The maximum absolute atomic E-state index is 13.0. The van der Waals surface area contributed by atoms with Crippen molar-refractivity contribution >= 4 is 39.3 Å². The molecular formula is C21H23ClN2O5S2. The van der Waals surface area contributed by atoms with Crippen LogP contribution in [0.5, 0.6) is 11.5 Å². The highest BCUT2D eigenvalue weighted by Crippen LogP contribution is 2.33. The lowest BCUT2D eigenvalue weighted by Gasteiger charge is -2.34. The minimum Gasteiger partial charge on any atom is -0.486 e. The van der Waals surface area contributed by atoms with Crippen molar-refractivity contribution in [2.75, 3.05) is 45.1 Å². The van der Waals surface area contributed by atoms with E-state index in [0.29, 0.717) is 55.0 Å². The first-order chi connectivity index (χ1) is 14.9. The van der Waals surface area contributed by atoms with E-state index in [1.165, 1.54) is 16.4 Å². The number of piperazine rings is 1. The van der Waals surface area contributed by atoms with E-state index in [-0.39, 0.29) is 23.9 Å². The number of fused-ring (bicyclic) bond motifs is 1. The first kappa shape index (κ1) is 22.3. The molecule has 1 amide bonds. The number of sulfonamides is 1. The van der Waals surface area contributed by atoms with Crippen molar-refractivity contribution in [1.29, 1.82) is 0 Å². The second-order valence-electron chi connectivity index (χ2n) is 7.14. The molecule has 0 bridgehead atoms. The SMILES string of the molecule is O=C(CCSc1ccc(Cl)cc1)N1CCN(S(=O)(=O)c2ccc3c(c2)OCCO3)CC1. The number of carbonyl (C=O) groups is 1. The summed E-state index contributed by atoms with van der Waals surface area (Å²) in [5, 5.41) is 0.685. The number of amides is 1. The monoisotopic (exact) mass is 482 g/mol. The Bertz CT molecular complexity index is 1040. The molecule has 2 aliphatic rings. The smallest absolute Gasteiger partial charge is 0.243 e. The summed E-state index contributed by atoms with van der Waals surface area (Å²) in [5.74, 6) is 1.70. The number of thioether (sulfide) groups is 1. The molecule has 0 N–H and O–H groups in total. The summed E-state index contributed by atoms with van der Waals surface area (Å²) in [6.45, 7) is 2.16. The highest BCUT2D eigenvalue weighted by atomic mass is 35.5. The molecule has 7 nitrogen and oxygen atoms in total. The number of halogens is 1. The Labute approximate surface area is 191 Å². The molecule has 2 aliphatic heterocycles. The van der Waals surface area contributed by atoms with Crippen LogP contribution < -0.4 is 9.47 Å². The van der Waals surface area contributed by atoms with Crippen LogP contribution in [-0.2, 0) is 14.8 Å². The Morgan fingerprint density at radius 3 is 2.35 bits per heavy atom. The number of hydrogen-bond donors (Lipinski definition) is 0. The molecule has 0 atom stereocenters. The van der Waals surface area contributed by atoms with Crippen LogP contribution in [0.15, 0.2) is 52.3 Å². The summed E-state index contributed by atoms with van der Waals surface area (Å²) in [6, 6.07) is 12.2. The first-order valence-corrected chi connectivity index (χ1v) is 12.8. The molecule has 0 radical (unpaired) electrons. The Morgan fingerprint density at radius 2 is 1.65 bits per heavy atom. The van der Waals surface area contributed by atoms with E-state index < -0.39 is 10.0 Å². The summed E-state index contributed by atoms with van der Waals surface area (Å²) in [6.07, 6.45) is 0.405. The molecule has 4 rings (SSSR count). The van der Waals surface area contributed by atoms with Gasteiger partial charge in [-0.3, -0.25) is 4.79 Å². The summed E-state index contributed by atoms with van der Waals surface area (Å²) >= 11 is 7.48. The van der Waals surface area contributed by atoms with Crippen LogP contribution in [0.25, 0.3) is 0 Å². The van der Waals surface area contributed by atoms with Crippen molar-refractivity contribution in [2.45, 2.75) is 16.2 Å². The van der Waals surface area contributed by atoms with Crippen LogP contribution in [0.4, 0.5) is 0 Å². The Kier molecular flexibility index (Phi) is 6.95. The van der Waals surface area contributed by atoms with Crippen molar-refractivity contribution in [3.8, 4) is 11.5 Å². The molecule has 1 saturated heterocycles. The lowest BCUT2D eigenvalue weighted by Crippen LogP contribution is -2.50. The van der Waals surface area contributed by atoms with Crippen molar-refractivity contribution in [3.05, 3.63) is 47.5 Å². The summed E-state index contributed by atoms with van der Waals surface area (Å²) < 4.78 is 38.4. The number of carbonyl (C=O) groups excluding carboxylic acids is 1. The molecule has 31 heavy (non-hydrogen) atoms. The molecule has 10 heteroatoms. The van der Waals surface area contributed by atoms with Crippen LogP contribution in [0.3, 0.4) is 0 Å². The molecular weight excluding hydrogens is 460 g/mol. The van der Waals surface area contributed by atoms with E-state index >= 15 is 0 Å². The molecule has 0 aliphatic carbocycles. The zero-order chi connectivity index (χ0) is 21.8. The van der Waals surface area contributed by atoms with Crippen LogP contribution >= 0.6 is 23.4 Å². The third-order valence-electron chi connectivity index (χ3n) is 5.14. The topological polar surface area (TPSA) is 76.2 Å². The van der Waals surface area contributed by atoms with E-state index in [4.69, 9.17) is 21.1 Å². The number of ether oxygens (including phenoxy) is 2. The maximum Gasteiger partial charge on any atom is 0.243 e. The van der Waals surface area contributed by atoms with Crippen LogP contribution in [0, 0.1) is 0 Å². The van der Waals surface area contributed by atoms with E-state index in [9.17, 15) is 13.2 Å². The fourth-order valence-electron chi connectivity index (χ4n) is 3.46. The summed E-state index contributed by atoms with van der Waals surface area (Å²) in [5.41, 5.74) is 0. The standard InChI is InChI=1S/C21H23ClN2O5S2/c22-16-1-3-17(4-2-16)30-14-7-21(25)23-8-10-24(11-9-23)31(26,27)18-5-6-19-20(15-18)29-13-12-28-19/h1-6,15H,7-14H2. The average molecular weight is 483 g/mol. The normalized spacial score (nSPS) is 16.9. The molecule has 0 aromatic heterocycles. The highest BCUT2D eigenvalue weighted by molar-refractivity contribution is 7.99. The Hall–Kier alpha value is -1.94. The third kappa shape index (κ3) is 5.28. The van der Waals surface area contributed by atoms with Gasteiger partial charge in [0.05, 0.1) is 4.90 Å². The molecule has 1 fully saturated rings. The minimum atomic E-state index is -3.66. The van der Waals surface area contributed by atoms with Gasteiger partial charge < -0.3 is 14.4 Å². The van der Waals surface area contributed by atoms with Gasteiger partial charge >= 0.3 is 0 Å². The van der Waals surface area contributed by atoms with Crippen molar-refractivity contribution in [2.24, 2.45) is 0 Å². The van der Waals surface area contributed by atoms with Crippen LogP contribution in [-0.4, -0.2) is 68.7 Å². The molecule has 2 aromatic rings. The van der Waals surface area contributed by atoms with Gasteiger partial charge in [-0.25, -0.2) is 8.42 Å². The minimum absolute atomic E-state index is 0.0397. The van der Waals surface area contributed by atoms with E-state index in [0.717, 1.165) is 4.90 Å². The lowest BCUT2D eigenvalue weighted by atomic mass is 10.3. The van der Waals surface area contributed by atoms with Crippen molar-refractivity contribution < 1.29 is 22.7 Å². The number of nitrogens with zero attached hydrogens (tertiary/aromatic N) is 2. The molecule has 0 spiro atoms. The number of benzene rings is 2. The summed E-state index contributed by atoms with van der Waals surface area (Å²) in [4.78, 5) is 15.5. The van der Waals surface area contributed by atoms with E-state index in [1.54, 1.807) is 22.7 Å². The lowest BCUT2D eigenvalue weighted by molar-refractivity contribution is -0.131. The molecule has 0 saturated carbocycles. The van der Waals surface area contributed by atoms with Gasteiger partial charge in [0.25, 0.3) is 0 Å². The fourth-order valence-corrected chi connectivity index (χ4v) is 5.86. The molecule has 2 heterocycles. The van der Waals surface area contributed by atoms with Gasteiger partial charge in [0.1, 0.15) is 13.2 Å². The fraction of sp³-hybridized carbons (Fsp3) is 0.381. The zero-order valence-corrected chi connectivity index (χ0v) is 19.2. The second kappa shape index (κ2) is 9.68. The Balaban J connectivity index is 1.29. The Morgan fingerprint density at radius 1 is 0.968 bits per heavy atom. The van der Waals surface area contributed by atoms with Gasteiger partial charge in [-0.1, -0.05) is 11.6 Å². The van der Waals surface area contributed by atoms with Crippen molar-refractivity contribution in [3.63, 3.8) is 0 Å². The third-order valence-corrected chi connectivity index (χ3v) is 8.30. The van der Waals surface area contributed by atoms with Crippen LogP contribution in [0.2, 0.25) is 5.02 Å². The molecule has 166 valence electrons. The predicted molar refractivity (Wildman–Crippen MR) is 120 cm³/mol. The number of hydrogen-bond acceptors (Lipinski definition) is 6. The van der Waals surface area contributed by atoms with Crippen molar-refractivity contribution in [1.82, 2.24) is 9.21 Å². The number of rotatable bonds is 6. The van der Waals surface area contributed by atoms with Gasteiger partial charge in [0.15, 0.2) is 11.5 Å². The van der Waals surface area contributed by atoms with Gasteiger partial charge in [-0.05, 0) is 36.4 Å².